The van der Waals surface area contributed by atoms with Gasteiger partial charge in [-0.3, -0.25) is 0 Å². The molecule has 0 amide bonds. The Labute approximate surface area is 171 Å². The van der Waals surface area contributed by atoms with Gasteiger partial charge in [-0.05, 0) is 48.8 Å². The zero-order chi connectivity index (χ0) is 19.4. The number of halogens is 1. The van der Waals surface area contributed by atoms with Gasteiger partial charge in [0, 0.05) is 13.1 Å². The standard InChI is InChI=1S/C22H37NO3.ClH/c1-16(20-14-23-12-13-24-20)25-17(2)26-19-10-8-18(9-11-19)22(6,7)15-21(3,4)5;/h8-11,16-17,20,23H,12-15H2,1-7H3;1H/p-1. The van der Waals surface area contributed by atoms with E-state index in [9.17, 15) is 0 Å². The molecule has 0 saturated carbocycles. The molecule has 1 aliphatic heterocycles. The Bertz CT molecular complexity index is 548. The van der Waals surface area contributed by atoms with E-state index in [1.54, 1.807) is 0 Å². The summed E-state index contributed by atoms with van der Waals surface area (Å²) in [6.45, 7) is 17.9. The van der Waals surface area contributed by atoms with E-state index in [2.05, 4.69) is 52.1 Å². The number of morpholine rings is 1. The third kappa shape index (κ3) is 7.98. The van der Waals surface area contributed by atoms with Gasteiger partial charge in [0.05, 0.1) is 18.8 Å². The first-order valence-electron chi connectivity index (χ1n) is 9.82. The van der Waals surface area contributed by atoms with Gasteiger partial charge >= 0.3 is 0 Å². The van der Waals surface area contributed by atoms with E-state index >= 15 is 0 Å². The molecule has 1 heterocycles. The quantitative estimate of drug-likeness (QED) is 0.707. The monoisotopic (exact) mass is 398 g/mol. The van der Waals surface area contributed by atoms with Gasteiger partial charge in [-0.1, -0.05) is 46.8 Å². The van der Waals surface area contributed by atoms with Crippen molar-refractivity contribution in [2.45, 2.75) is 78.8 Å². The Kier molecular flexibility index (Phi) is 9.07. The molecule has 1 aromatic carbocycles. The summed E-state index contributed by atoms with van der Waals surface area (Å²) in [6.07, 6.45) is 0.884. The number of hydrogen-bond donors (Lipinski definition) is 1. The van der Waals surface area contributed by atoms with Crippen molar-refractivity contribution in [3.63, 3.8) is 0 Å². The Morgan fingerprint density at radius 3 is 2.26 bits per heavy atom. The van der Waals surface area contributed by atoms with Gasteiger partial charge < -0.3 is 31.9 Å². The molecule has 3 unspecified atom stereocenters. The zero-order valence-electron chi connectivity index (χ0n) is 18.0. The summed E-state index contributed by atoms with van der Waals surface area (Å²) in [4.78, 5) is 0. The smallest absolute Gasteiger partial charge is 0.197 e. The van der Waals surface area contributed by atoms with Crippen LogP contribution in [0.2, 0.25) is 0 Å². The van der Waals surface area contributed by atoms with Crippen LogP contribution in [0.5, 0.6) is 5.75 Å². The Morgan fingerprint density at radius 2 is 1.74 bits per heavy atom. The topological polar surface area (TPSA) is 39.7 Å². The summed E-state index contributed by atoms with van der Waals surface area (Å²) < 4.78 is 17.7. The lowest BCUT2D eigenvalue weighted by Crippen LogP contribution is -3.00. The van der Waals surface area contributed by atoms with Crippen LogP contribution >= 0.6 is 0 Å². The summed E-state index contributed by atoms with van der Waals surface area (Å²) in [5.41, 5.74) is 1.77. The first kappa shape index (κ1) is 24.2. The summed E-state index contributed by atoms with van der Waals surface area (Å²) in [5.74, 6) is 0.836. The fourth-order valence-electron chi connectivity index (χ4n) is 3.91. The van der Waals surface area contributed by atoms with Gasteiger partial charge in [-0.15, -0.1) is 0 Å². The average molecular weight is 399 g/mol. The highest BCUT2D eigenvalue weighted by Gasteiger charge is 2.27. The van der Waals surface area contributed by atoms with Gasteiger partial charge in [-0.2, -0.15) is 0 Å². The second kappa shape index (κ2) is 10.1. The Balaban J connectivity index is 0.00000364. The van der Waals surface area contributed by atoms with Gasteiger partial charge in [0.2, 0.25) is 0 Å². The number of hydrogen-bond acceptors (Lipinski definition) is 4. The fourth-order valence-corrected chi connectivity index (χ4v) is 3.91. The van der Waals surface area contributed by atoms with Crippen LogP contribution in [0.15, 0.2) is 24.3 Å². The van der Waals surface area contributed by atoms with Crippen LogP contribution in [0.4, 0.5) is 0 Å². The van der Waals surface area contributed by atoms with Gasteiger partial charge in [0.15, 0.2) is 6.29 Å². The van der Waals surface area contributed by atoms with Crippen LogP contribution in [0.25, 0.3) is 0 Å². The molecule has 1 N–H and O–H groups in total. The minimum Gasteiger partial charge on any atom is -1.00 e. The molecule has 1 fully saturated rings. The largest absolute Gasteiger partial charge is 1.00 e. The molecule has 0 aliphatic carbocycles. The molecule has 1 aliphatic rings. The van der Waals surface area contributed by atoms with Crippen molar-refractivity contribution in [1.82, 2.24) is 5.32 Å². The summed E-state index contributed by atoms with van der Waals surface area (Å²) in [7, 11) is 0. The molecule has 4 nitrogen and oxygen atoms in total. The van der Waals surface area contributed by atoms with Crippen LogP contribution in [0.3, 0.4) is 0 Å². The van der Waals surface area contributed by atoms with Crippen LogP contribution in [-0.4, -0.2) is 38.2 Å². The van der Waals surface area contributed by atoms with E-state index in [1.165, 1.54) is 5.56 Å². The predicted molar refractivity (Wildman–Crippen MR) is 107 cm³/mol. The molecular weight excluding hydrogens is 362 g/mol. The maximum absolute atomic E-state index is 5.97. The van der Waals surface area contributed by atoms with E-state index in [1.807, 2.05) is 26.0 Å². The summed E-state index contributed by atoms with van der Waals surface area (Å²) in [6, 6.07) is 8.43. The van der Waals surface area contributed by atoms with Crippen molar-refractivity contribution in [3.05, 3.63) is 29.8 Å². The second-order valence-electron chi connectivity index (χ2n) is 9.29. The maximum atomic E-state index is 5.97. The molecule has 1 saturated heterocycles. The third-order valence-electron chi connectivity index (χ3n) is 4.80. The lowest BCUT2D eigenvalue weighted by molar-refractivity contribution is -0.152. The van der Waals surface area contributed by atoms with Crippen molar-refractivity contribution in [1.29, 1.82) is 0 Å². The number of ether oxygens (including phenoxy) is 3. The van der Waals surface area contributed by atoms with Crippen molar-refractivity contribution >= 4 is 0 Å². The normalized spacial score (nSPS) is 20.5. The van der Waals surface area contributed by atoms with E-state index in [-0.39, 0.29) is 36.3 Å². The third-order valence-corrected chi connectivity index (χ3v) is 4.80. The molecular formula is C22H37ClNO3-. The Hall–Kier alpha value is -0.810. The number of benzene rings is 1. The van der Waals surface area contributed by atoms with Crippen molar-refractivity contribution in [3.8, 4) is 5.75 Å². The Morgan fingerprint density at radius 1 is 1.11 bits per heavy atom. The maximum Gasteiger partial charge on any atom is 0.197 e. The van der Waals surface area contributed by atoms with Gasteiger partial charge in [-0.25, -0.2) is 0 Å². The number of nitrogens with one attached hydrogen (secondary N) is 1. The molecule has 3 atom stereocenters. The van der Waals surface area contributed by atoms with Gasteiger partial charge in [0.25, 0.3) is 0 Å². The molecule has 156 valence electrons. The highest BCUT2D eigenvalue weighted by Crippen LogP contribution is 2.36. The molecule has 0 spiro atoms. The fraction of sp³-hybridized carbons (Fsp3) is 0.727. The highest BCUT2D eigenvalue weighted by atomic mass is 35.5. The molecule has 2 rings (SSSR count). The van der Waals surface area contributed by atoms with Gasteiger partial charge in [0.1, 0.15) is 5.75 Å². The minimum atomic E-state index is -0.316. The van der Waals surface area contributed by atoms with E-state index < -0.39 is 0 Å². The molecule has 5 heteroatoms. The molecule has 0 aromatic heterocycles. The van der Waals surface area contributed by atoms with Crippen molar-refractivity contribution < 1.29 is 26.6 Å². The number of rotatable bonds is 7. The van der Waals surface area contributed by atoms with Crippen LogP contribution in [-0.2, 0) is 14.9 Å². The van der Waals surface area contributed by atoms with Crippen LogP contribution in [0, 0.1) is 5.41 Å². The second-order valence-corrected chi connectivity index (χ2v) is 9.29. The lowest BCUT2D eigenvalue weighted by atomic mass is 9.72. The first-order valence-corrected chi connectivity index (χ1v) is 9.82. The predicted octanol–water partition coefficient (Wildman–Crippen LogP) is 1.52. The first-order chi connectivity index (χ1) is 12.1. The zero-order valence-corrected chi connectivity index (χ0v) is 18.7. The summed E-state index contributed by atoms with van der Waals surface area (Å²) in [5, 5.41) is 3.33. The molecule has 1 aromatic rings. The van der Waals surface area contributed by atoms with Crippen molar-refractivity contribution in [2.24, 2.45) is 5.41 Å². The molecule has 0 radical (unpaired) electrons. The summed E-state index contributed by atoms with van der Waals surface area (Å²) >= 11 is 0. The van der Waals surface area contributed by atoms with E-state index in [0.717, 1.165) is 31.9 Å². The SMILES string of the molecule is CC(Oc1ccc(C(C)(C)CC(C)(C)C)cc1)OC(C)C1CNCCO1.[Cl-]. The highest BCUT2D eigenvalue weighted by molar-refractivity contribution is 5.31. The van der Waals surface area contributed by atoms with E-state index in [4.69, 9.17) is 14.2 Å². The lowest BCUT2D eigenvalue weighted by Gasteiger charge is -2.33. The molecule has 27 heavy (non-hydrogen) atoms. The minimum absolute atomic E-state index is 0. The molecule has 0 bridgehead atoms. The average Bonchev–Trinajstić information content (AvgIpc) is 2.54. The van der Waals surface area contributed by atoms with E-state index in [0.29, 0.717) is 5.41 Å². The van der Waals surface area contributed by atoms with Crippen LogP contribution in [0.1, 0.15) is 60.5 Å². The van der Waals surface area contributed by atoms with Crippen molar-refractivity contribution in [2.75, 3.05) is 19.7 Å². The van der Waals surface area contributed by atoms with Crippen LogP contribution < -0.4 is 22.5 Å².